The van der Waals surface area contributed by atoms with Gasteiger partial charge in [-0.1, -0.05) is 30.3 Å². The first-order valence-electron chi connectivity index (χ1n) is 9.24. The quantitative estimate of drug-likeness (QED) is 0.710. The third-order valence-corrected chi connectivity index (χ3v) is 4.87. The van der Waals surface area contributed by atoms with Crippen molar-refractivity contribution in [3.05, 3.63) is 89.5 Å². The first kappa shape index (κ1) is 16.7. The summed E-state index contributed by atoms with van der Waals surface area (Å²) >= 11 is 0. The van der Waals surface area contributed by atoms with Gasteiger partial charge >= 0.3 is 0 Å². The predicted octanol–water partition coefficient (Wildman–Crippen LogP) is 3.69. The summed E-state index contributed by atoms with van der Waals surface area (Å²) in [6.45, 7) is 3.83. The predicted molar refractivity (Wildman–Crippen MR) is 105 cm³/mol. The van der Waals surface area contributed by atoms with Crippen LogP contribution in [0.15, 0.2) is 67.1 Å². The standard InChI is InChI=1S/C22H24N4/c1-2-12-24-21(8-1)10-14-26(16-18-5-4-11-23-15-18)17-20-7-3-6-19-9-13-25-22(19)20/h1-8,11-12,15,25H,9-10,13-14,16-17H2. The van der Waals surface area contributed by atoms with Gasteiger partial charge in [0, 0.05) is 62.6 Å². The van der Waals surface area contributed by atoms with Gasteiger partial charge in [-0.3, -0.25) is 14.9 Å². The highest BCUT2D eigenvalue weighted by Crippen LogP contribution is 2.27. The van der Waals surface area contributed by atoms with E-state index in [9.17, 15) is 0 Å². The van der Waals surface area contributed by atoms with E-state index >= 15 is 0 Å². The van der Waals surface area contributed by atoms with E-state index in [1.54, 1.807) is 0 Å². The second kappa shape index (κ2) is 8.11. The van der Waals surface area contributed by atoms with Gasteiger partial charge in [-0.2, -0.15) is 0 Å². The molecule has 2 aromatic heterocycles. The normalized spacial score (nSPS) is 12.8. The van der Waals surface area contributed by atoms with Crippen LogP contribution in [0.3, 0.4) is 0 Å². The Bertz CT molecular complexity index is 833. The minimum absolute atomic E-state index is 0.893. The van der Waals surface area contributed by atoms with E-state index in [1.165, 1.54) is 22.4 Å². The lowest BCUT2D eigenvalue weighted by Crippen LogP contribution is -2.26. The molecule has 0 fully saturated rings. The molecule has 3 heterocycles. The van der Waals surface area contributed by atoms with Crippen LogP contribution in [0.5, 0.6) is 0 Å². The van der Waals surface area contributed by atoms with Gasteiger partial charge in [0.2, 0.25) is 0 Å². The van der Waals surface area contributed by atoms with Crippen LogP contribution < -0.4 is 5.32 Å². The van der Waals surface area contributed by atoms with Crippen molar-refractivity contribution in [2.24, 2.45) is 0 Å². The van der Waals surface area contributed by atoms with E-state index in [-0.39, 0.29) is 0 Å². The molecular weight excluding hydrogens is 320 g/mol. The number of hydrogen-bond donors (Lipinski definition) is 1. The third-order valence-electron chi connectivity index (χ3n) is 4.87. The van der Waals surface area contributed by atoms with Crippen molar-refractivity contribution in [1.29, 1.82) is 0 Å². The summed E-state index contributed by atoms with van der Waals surface area (Å²) in [6, 6.07) is 16.9. The Kier molecular flexibility index (Phi) is 5.22. The molecule has 4 nitrogen and oxygen atoms in total. The van der Waals surface area contributed by atoms with Gasteiger partial charge in [0.25, 0.3) is 0 Å². The molecule has 0 spiro atoms. The van der Waals surface area contributed by atoms with E-state index in [2.05, 4.69) is 56.6 Å². The molecule has 0 radical (unpaired) electrons. The zero-order valence-corrected chi connectivity index (χ0v) is 14.9. The number of anilines is 1. The number of aromatic nitrogens is 2. The minimum Gasteiger partial charge on any atom is -0.384 e. The molecule has 26 heavy (non-hydrogen) atoms. The zero-order chi connectivity index (χ0) is 17.6. The van der Waals surface area contributed by atoms with Crippen LogP contribution >= 0.6 is 0 Å². The maximum Gasteiger partial charge on any atom is 0.0419 e. The number of benzene rings is 1. The molecule has 4 heteroatoms. The molecule has 0 saturated heterocycles. The summed E-state index contributed by atoms with van der Waals surface area (Å²) in [4.78, 5) is 11.2. The van der Waals surface area contributed by atoms with Crippen LogP contribution in [-0.4, -0.2) is 28.0 Å². The van der Waals surface area contributed by atoms with Crippen molar-refractivity contribution < 1.29 is 0 Å². The summed E-state index contributed by atoms with van der Waals surface area (Å²) in [5.74, 6) is 0. The first-order chi connectivity index (χ1) is 12.9. The monoisotopic (exact) mass is 344 g/mol. The Morgan fingerprint density at radius 1 is 0.962 bits per heavy atom. The fourth-order valence-corrected chi connectivity index (χ4v) is 3.57. The van der Waals surface area contributed by atoms with Crippen molar-refractivity contribution >= 4 is 5.69 Å². The van der Waals surface area contributed by atoms with Gasteiger partial charge in [-0.25, -0.2) is 0 Å². The fraction of sp³-hybridized carbons (Fsp3) is 0.273. The molecule has 1 aliphatic rings. The van der Waals surface area contributed by atoms with Crippen LogP contribution in [-0.2, 0) is 25.9 Å². The lowest BCUT2D eigenvalue weighted by atomic mass is 10.1. The number of nitrogens with one attached hydrogen (secondary N) is 1. The third kappa shape index (κ3) is 4.09. The summed E-state index contributed by atoms with van der Waals surface area (Å²) < 4.78 is 0. The molecular formula is C22H24N4. The van der Waals surface area contributed by atoms with Crippen LogP contribution in [0.1, 0.15) is 22.4 Å². The van der Waals surface area contributed by atoms with Crippen molar-refractivity contribution in [2.75, 3.05) is 18.4 Å². The van der Waals surface area contributed by atoms with Gasteiger partial charge in [0.1, 0.15) is 0 Å². The average molecular weight is 344 g/mol. The van der Waals surface area contributed by atoms with E-state index in [0.717, 1.165) is 44.7 Å². The highest BCUT2D eigenvalue weighted by molar-refractivity contribution is 5.61. The molecule has 0 amide bonds. The van der Waals surface area contributed by atoms with Crippen LogP contribution in [0, 0.1) is 0 Å². The Hall–Kier alpha value is -2.72. The van der Waals surface area contributed by atoms with Gasteiger partial charge < -0.3 is 5.32 Å². The Morgan fingerprint density at radius 2 is 1.96 bits per heavy atom. The Labute approximate surface area is 154 Å². The minimum atomic E-state index is 0.893. The smallest absolute Gasteiger partial charge is 0.0419 e. The lowest BCUT2D eigenvalue weighted by molar-refractivity contribution is 0.259. The molecule has 1 aromatic carbocycles. The van der Waals surface area contributed by atoms with Crippen LogP contribution in [0.4, 0.5) is 5.69 Å². The Morgan fingerprint density at radius 3 is 2.81 bits per heavy atom. The molecule has 132 valence electrons. The SMILES string of the molecule is c1ccc(CCN(Cc2cccnc2)Cc2cccc3c2NCC3)nc1. The maximum absolute atomic E-state index is 4.47. The fourth-order valence-electron chi connectivity index (χ4n) is 3.57. The molecule has 1 aliphatic heterocycles. The van der Waals surface area contributed by atoms with Crippen molar-refractivity contribution in [2.45, 2.75) is 25.9 Å². The molecule has 0 saturated carbocycles. The number of pyridine rings is 2. The first-order valence-corrected chi connectivity index (χ1v) is 9.24. The highest BCUT2D eigenvalue weighted by Gasteiger charge is 2.16. The summed E-state index contributed by atoms with van der Waals surface area (Å²) in [5, 5.41) is 3.56. The lowest BCUT2D eigenvalue weighted by Gasteiger charge is -2.23. The van der Waals surface area contributed by atoms with E-state index in [0.29, 0.717) is 0 Å². The molecule has 0 bridgehead atoms. The topological polar surface area (TPSA) is 41.1 Å². The molecule has 1 N–H and O–H groups in total. The largest absolute Gasteiger partial charge is 0.384 e. The molecule has 0 unspecified atom stereocenters. The van der Waals surface area contributed by atoms with Crippen LogP contribution in [0.2, 0.25) is 0 Å². The van der Waals surface area contributed by atoms with Gasteiger partial charge in [0.05, 0.1) is 0 Å². The van der Waals surface area contributed by atoms with E-state index in [1.807, 2.05) is 30.7 Å². The number of hydrogen-bond acceptors (Lipinski definition) is 4. The molecule has 0 atom stereocenters. The Balaban J connectivity index is 1.51. The molecule has 4 rings (SSSR count). The second-order valence-corrected chi connectivity index (χ2v) is 6.77. The van der Waals surface area contributed by atoms with E-state index < -0.39 is 0 Å². The van der Waals surface area contributed by atoms with Crippen molar-refractivity contribution in [1.82, 2.24) is 14.9 Å². The summed E-state index contributed by atoms with van der Waals surface area (Å²) in [7, 11) is 0. The van der Waals surface area contributed by atoms with Gasteiger partial charge in [-0.05, 0) is 41.3 Å². The number of para-hydroxylation sites is 1. The van der Waals surface area contributed by atoms with Crippen molar-refractivity contribution in [3.63, 3.8) is 0 Å². The van der Waals surface area contributed by atoms with Gasteiger partial charge in [-0.15, -0.1) is 0 Å². The zero-order valence-electron chi connectivity index (χ0n) is 14.9. The van der Waals surface area contributed by atoms with Crippen LogP contribution in [0.25, 0.3) is 0 Å². The summed E-state index contributed by atoms with van der Waals surface area (Å²) in [6.07, 6.45) is 7.73. The maximum atomic E-state index is 4.47. The molecule has 0 aliphatic carbocycles. The highest BCUT2D eigenvalue weighted by atomic mass is 15.1. The number of rotatable bonds is 7. The van der Waals surface area contributed by atoms with Crippen molar-refractivity contribution in [3.8, 4) is 0 Å². The second-order valence-electron chi connectivity index (χ2n) is 6.77. The average Bonchev–Trinajstić information content (AvgIpc) is 3.18. The number of fused-ring (bicyclic) bond motifs is 1. The molecule has 3 aromatic rings. The van der Waals surface area contributed by atoms with E-state index in [4.69, 9.17) is 0 Å². The summed E-state index contributed by atoms with van der Waals surface area (Å²) in [5.41, 5.74) is 6.54. The van der Waals surface area contributed by atoms with Gasteiger partial charge in [0.15, 0.2) is 0 Å². The number of nitrogens with zero attached hydrogens (tertiary/aromatic N) is 3.